The van der Waals surface area contributed by atoms with Crippen molar-refractivity contribution in [3.05, 3.63) is 92.9 Å². The van der Waals surface area contributed by atoms with Crippen LogP contribution in [0, 0.1) is 0 Å². The van der Waals surface area contributed by atoms with E-state index in [1.807, 2.05) is 48.5 Å². The standard InChI is InChI=1S/C21H14Br2N2/c22-16-11-20-21(12-17(16)23)25-19(15-9-5-2-6-10-15)13-18(24-20)14-7-3-1-4-8-14/h1-12H,13H2. The molecule has 0 N–H and O–H groups in total. The molecule has 25 heavy (non-hydrogen) atoms. The second kappa shape index (κ2) is 7.06. The van der Waals surface area contributed by atoms with Crippen LogP contribution in [0.1, 0.15) is 17.5 Å². The van der Waals surface area contributed by atoms with Gasteiger partial charge in [0.05, 0.1) is 22.8 Å². The highest BCUT2D eigenvalue weighted by atomic mass is 79.9. The van der Waals surface area contributed by atoms with Crippen LogP contribution >= 0.6 is 31.9 Å². The van der Waals surface area contributed by atoms with E-state index in [0.717, 1.165) is 42.9 Å². The van der Waals surface area contributed by atoms with Crippen molar-refractivity contribution in [2.24, 2.45) is 9.98 Å². The highest BCUT2D eigenvalue weighted by Crippen LogP contribution is 2.39. The molecule has 0 amide bonds. The first kappa shape index (κ1) is 16.4. The summed E-state index contributed by atoms with van der Waals surface area (Å²) < 4.78 is 1.95. The summed E-state index contributed by atoms with van der Waals surface area (Å²) in [5.41, 5.74) is 6.04. The van der Waals surface area contributed by atoms with Crippen LogP contribution in [0.25, 0.3) is 0 Å². The summed E-state index contributed by atoms with van der Waals surface area (Å²) in [6.45, 7) is 0. The van der Waals surface area contributed by atoms with Gasteiger partial charge in [-0.2, -0.15) is 0 Å². The maximum atomic E-state index is 4.94. The van der Waals surface area contributed by atoms with Crippen LogP contribution in [0.2, 0.25) is 0 Å². The molecule has 1 aliphatic heterocycles. The normalized spacial score (nSPS) is 13.5. The molecule has 3 aromatic carbocycles. The molecular weight excluding hydrogens is 440 g/mol. The molecule has 0 unspecified atom stereocenters. The number of halogens is 2. The molecule has 1 aliphatic rings. The summed E-state index contributed by atoms with van der Waals surface area (Å²) >= 11 is 7.14. The number of benzene rings is 3. The van der Waals surface area contributed by atoms with Gasteiger partial charge < -0.3 is 0 Å². The topological polar surface area (TPSA) is 24.7 Å². The summed E-state index contributed by atoms with van der Waals surface area (Å²) in [6, 6.07) is 24.6. The van der Waals surface area contributed by atoms with Gasteiger partial charge in [0.25, 0.3) is 0 Å². The van der Waals surface area contributed by atoms with E-state index < -0.39 is 0 Å². The summed E-state index contributed by atoms with van der Waals surface area (Å²) in [4.78, 5) is 9.88. The molecule has 0 radical (unpaired) electrons. The van der Waals surface area contributed by atoms with Gasteiger partial charge in [0.2, 0.25) is 0 Å². The molecule has 4 rings (SSSR count). The lowest BCUT2D eigenvalue weighted by Gasteiger charge is -2.07. The molecule has 3 aromatic rings. The van der Waals surface area contributed by atoms with Gasteiger partial charge in [-0.3, -0.25) is 9.98 Å². The van der Waals surface area contributed by atoms with Crippen molar-refractivity contribution >= 4 is 54.7 Å². The minimum atomic E-state index is 0.692. The molecule has 0 saturated carbocycles. The zero-order chi connectivity index (χ0) is 17.2. The lowest BCUT2D eigenvalue weighted by Crippen LogP contribution is -2.09. The average Bonchev–Trinajstić information content (AvgIpc) is 2.83. The van der Waals surface area contributed by atoms with Gasteiger partial charge in [-0.1, -0.05) is 60.7 Å². The molecule has 4 heteroatoms. The van der Waals surface area contributed by atoms with Crippen LogP contribution in [0.4, 0.5) is 11.4 Å². The van der Waals surface area contributed by atoms with E-state index in [9.17, 15) is 0 Å². The maximum absolute atomic E-state index is 4.94. The predicted molar refractivity (Wildman–Crippen MR) is 112 cm³/mol. The van der Waals surface area contributed by atoms with Crippen LogP contribution in [0.15, 0.2) is 91.7 Å². The fraction of sp³-hybridized carbons (Fsp3) is 0.0476. The van der Waals surface area contributed by atoms with E-state index in [2.05, 4.69) is 56.1 Å². The number of aliphatic imine (C=N–C) groups is 2. The smallest absolute Gasteiger partial charge is 0.0902 e. The number of fused-ring (bicyclic) bond motifs is 1. The third-order valence-electron chi connectivity index (χ3n) is 4.08. The lowest BCUT2D eigenvalue weighted by atomic mass is 10.00. The number of hydrogen-bond acceptors (Lipinski definition) is 2. The Balaban J connectivity index is 1.92. The third-order valence-corrected chi connectivity index (χ3v) is 5.92. The highest BCUT2D eigenvalue weighted by molar-refractivity contribution is 9.13. The fourth-order valence-electron chi connectivity index (χ4n) is 2.83. The molecule has 0 fully saturated rings. The molecule has 0 aliphatic carbocycles. The van der Waals surface area contributed by atoms with Crippen molar-refractivity contribution in [2.75, 3.05) is 0 Å². The van der Waals surface area contributed by atoms with Gasteiger partial charge in [0.15, 0.2) is 0 Å². The Labute approximate surface area is 163 Å². The Hall–Kier alpha value is -2.04. The van der Waals surface area contributed by atoms with Crippen molar-refractivity contribution in [1.29, 1.82) is 0 Å². The quantitative estimate of drug-likeness (QED) is 0.405. The van der Waals surface area contributed by atoms with Crippen molar-refractivity contribution in [1.82, 2.24) is 0 Å². The molecule has 2 nitrogen and oxygen atoms in total. The monoisotopic (exact) mass is 452 g/mol. The molecule has 1 heterocycles. The van der Waals surface area contributed by atoms with Crippen LogP contribution in [0.3, 0.4) is 0 Å². The second-order valence-corrected chi connectivity index (χ2v) is 7.49. The van der Waals surface area contributed by atoms with Gasteiger partial charge in [-0.15, -0.1) is 0 Å². The van der Waals surface area contributed by atoms with Crippen LogP contribution in [0.5, 0.6) is 0 Å². The second-order valence-electron chi connectivity index (χ2n) is 5.78. The Kier molecular flexibility index (Phi) is 4.64. The molecule has 0 atom stereocenters. The van der Waals surface area contributed by atoms with Crippen molar-refractivity contribution in [2.45, 2.75) is 6.42 Å². The van der Waals surface area contributed by atoms with Crippen LogP contribution in [-0.4, -0.2) is 11.4 Å². The predicted octanol–water partition coefficient (Wildman–Crippen LogP) is 6.86. The van der Waals surface area contributed by atoms with Gasteiger partial charge in [0.1, 0.15) is 0 Å². The Morgan fingerprint density at radius 1 is 0.600 bits per heavy atom. The molecule has 0 saturated heterocycles. The summed E-state index contributed by atoms with van der Waals surface area (Å²) in [5, 5.41) is 0. The number of rotatable bonds is 2. The van der Waals surface area contributed by atoms with E-state index in [0.29, 0.717) is 6.42 Å². The molecule has 0 spiro atoms. The Bertz CT molecular complexity index is 897. The lowest BCUT2D eigenvalue weighted by molar-refractivity contribution is 1.42. The van der Waals surface area contributed by atoms with E-state index in [1.54, 1.807) is 0 Å². The third kappa shape index (κ3) is 3.51. The van der Waals surface area contributed by atoms with E-state index in [1.165, 1.54) is 0 Å². The minimum Gasteiger partial charge on any atom is -0.250 e. The first-order chi connectivity index (χ1) is 12.2. The van der Waals surface area contributed by atoms with E-state index in [4.69, 9.17) is 9.98 Å². The van der Waals surface area contributed by atoms with Gasteiger partial charge in [0, 0.05) is 15.4 Å². The Morgan fingerprint density at radius 3 is 1.40 bits per heavy atom. The van der Waals surface area contributed by atoms with Crippen molar-refractivity contribution in [3.63, 3.8) is 0 Å². The molecule has 122 valence electrons. The first-order valence-electron chi connectivity index (χ1n) is 7.96. The Morgan fingerprint density at radius 2 is 1.00 bits per heavy atom. The zero-order valence-corrected chi connectivity index (χ0v) is 16.5. The highest BCUT2D eigenvalue weighted by Gasteiger charge is 2.17. The minimum absolute atomic E-state index is 0.692. The fourth-order valence-corrected chi connectivity index (χ4v) is 3.49. The zero-order valence-electron chi connectivity index (χ0n) is 13.3. The largest absolute Gasteiger partial charge is 0.250 e. The summed E-state index contributed by atoms with van der Waals surface area (Å²) in [7, 11) is 0. The van der Waals surface area contributed by atoms with E-state index >= 15 is 0 Å². The molecule has 0 bridgehead atoms. The van der Waals surface area contributed by atoms with Crippen LogP contribution < -0.4 is 0 Å². The van der Waals surface area contributed by atoms with Gasteiger partial charge in [-0.05, 0) is 55.1 Å². The summed E-state index contributed by atoms with van der Waals surface area (Å²) in [6.07, 6.45) is 0.692. The number of nitrogens with zero attached hydrogens (tertiary/aromatic N) is 2. The molecular formula is C21H14Br2N2. The van der Waals surface area contributed by atoms with Gasteiger partial charge >= 0.3 is 0 Å². The van der Waals surface area contributed by atoms with Crippen molar-refractivity contribution in [3.8, 4) is 0 Å². The average molecular weight is 454 g/mol. The SMILES string of the molecule is Brc1cc2c(cc1Br)N=C(c1ccccc1)CC(c1ccccc1)=N2. The van der Waals surface area contributed by atoms with E-state index in [-0.39, 0.29) is 0 Å². The first-order valence-corrected chi connectivity index (χ1v) is 9.54. The summed E-state index contributed by atoms with van der Waals surface area (Å²) in [5.74, 6) is 0. The van der Waals surface area contributed by atoms with Crippen molar-refractivity contribution < 1.29 is 0 Å². The molecule has 0 aromatic heterocycles. The van der Waals surface area contributed by atoms with Crippen LogP contribution in [-0.2, 0) is 0 Å². The maximum Gasteiger partial charge on any atom is 0.0902 e. The number of hydrogen-bond donors (Lipinski definition) is 0. The van der Waals surface area contributed by atoms with Gasteiger partial charge in [-0.25, -0.2) is 0 Å².